The van der Waals surface area contributed by atoms with Crippen LogP contribution in [0.15, 0.2) is 52.9 Å². The van der Waals surface area contributed by atoms with E-state index in [1.165, 1.54) is 19.1 Å². The smallest absolute Gasteiger partial charge is 0.277 e. The zero-order chi connectivity index (χ0) is 18.7. The summed E-state index contributed by atoms with van der Waals surface area (Å²) in [4.78, 5) is 27.8. The van der Waals surface area contributed by atoms with Crippen LogP contribution in [-0.2, 0) is 4.79 Å². The number of benzene rings is 2. The van der Waals surface area contributed by atoms with Crippen molar-refractivity contribution < 1.29 is 18.4 Å². The first kappa shape index (κ1) is 17.3. The van der Waals surface area contributed by atoms with E-state index in [4.69, 9.17) is 4.42 Å². The number of amides is 2. The van der Waals surface area contributed by atoms with Gasteiger partial charge in [-0.2, -0.15) is 0 Å². The van der Waals surface area contributed by atoms with Gasteiger partial charge in [-0.25, -0.2) is 9.37 Å². The first-order chi connectivity index (χ1) is 12.4. The van der Waals surface area contributed by atoms with E-state index in [-0.39, 0.29) is 11.4 Å². The molecule has 0 aliphatic carbocycles. The quantitative estimate of drug-likeness (QED) is 0.742. The van der Waals surface area contributed by atoms with E-state index < -0.39 is 17.6 Å². The zero-order valence-electron chi connectivity index (χ0n) is 14.2. The number of aryl methyl sites for hydroxylation is 1. The van der Waals surface area contributed by atoms with Crippen molar-refractivity contribution in [3.05, 3.63) is 65.8 Å². The Labute approximate surface area is 149 Å². The Hall–Kier alpha value is -3.48. The number of carbonyl (C=O) groups is 2. The molecule has 0 aliphatic heterocycles. The molecule has 0 bridgehead atoms. The Bertz CT molecular complexity index is 967. The third-order valence-electron chi connectivity index (χ3n) is 3.57. The lowest BCUT2D eigenvalue weighted by molar-refractivity contribution is -0.114. The van der Waals surface area contributed by atoms with Gasteiger partial charge in [0.25, 0.3) is 5.91 Å². The fourth-order valence-corrected chi connectivity index (χ4v) is 2.39. The normalized spacial score (nSPS) is 10.4. The minimum atomic E-state index is -0.595. The number of nitrogens with zero attached hydrogens (tertiary/aromatic N) is 1. The zero-order valence-corrected chi connectivity index (χ0v) is 14.2. The largest absolute Gasteiger partial charge is 0.441 e. The highest BCUT2D eigenvalue weighted by molar-refractivity contribution is 6.04. The molecule has 2 N–H and O–H groups in total. The van der Waals surface area contributed by atoms with Gasteiger partial charge < -0.3 is 15.1 Å². The van der Waals surface area contributed by atoms with Gasteiger partial charge in [-0.1, -0.05) is 18.2 Å². The lowest BCUT2D eigenvalue weighted by atomic mass is 10.2. The third-order valence-corrected chi connectivity index (χ3v) is 3.57. The van der Waals surface area contributed by atoms with E-state index in [0.717, 1.165) is 11.6 Å². The summed E-state index contributed by atoms with van der Waals surface area (Å²) < 4.78 is 19.3. The van der Waals surface area contributed by atoms with Gasteiger partial charge in [0.15, 0.2) is 5.69 Å². The van der Waals surface area contributed by atoms with Gasteiger partial charge in [0, 0.05) is 18.2 Å². The van der Waals surface area contributed by atoms with Gasteiger partial charge >= 0.3 is 0 Å². The molecule has 1 heterocycles. The third kappa shape index (κ3) is 3.77. The van der Waals surface area contributed by atoms with Crippen LogP contribution in [0.3, 0.4) is 0 Å². The number of rotatable bonds is 4. The predicted molar refractivity (Wildman–Crippen MR) is 95.3 cm³/mol. The molecule has 0 unspecified atom stereocenters. The summed E-state index contributed by atoms with van der Waals surface area (Å²) in [6.07, 6.45) is 0. The number of carbonyl (C=O) groups excluding carboxylic acids is 2. The number of hydrogen-bond acceptors (Lipinski definition) is 4. The molecule has 1 aromatic heterocycles. The van der Waals surface area contributed by atoms with Crippen LogP contribution in [0.1, 0.15) is 23.2 Å². The van der Waals surface area contributed by atoms with E-state index in [0.29, 0.717) is 17.3 Å². The molecule has 132 valence electrons. The summed E-state index contributed by atoms with van der Waals surface area (Å²) >= 11 is 0. The molecule has 0 atom stereocenters. The molecule has 26 heavy (non-hydrogen) atoms. The SMILES string of the molecule is CC(=O)Nc1cc(NC(=O)c2nc(-c3ccccc3)oc2C)ccc1F. The first-order valence-electron chi connectivity index (χ1n) is 7.85. The van der Waals surface area contributed by atoms with Crippen LogP contribution in [0.2, 0.25) is 0 Å². The van der Waals surface area contributed by atoms with Crippen LogP contribution in [0, 0.1) is 12.7 Å². The Kier molecular flexibility index (Phi) is 4.79. The number of hydrogen-bond donors (Lipinski definition) is 2. The van der Waals surface area contributed by atoms with Gasteiger partial charge in [-0.3, -0.25) is 9.59 Å². The van der Waals surface area contributed by atoms with Gasteiger partial charge in [0.2, 0.25) is 11.8 Å². The maximum Gasteiger partial charge on any atom is 0.277 e. The summed E-state index contributed by atoms with van der Waals surface area (Å²) in [6, 6.07) is 13.1. The van der Waals surface area contributed by atoms with Crippen LogP contribution in [-0.4, -0.2) is 16.8 Å². The second kappa shape index (κ2) is 7.18. The van der Waals surface area contributed by atoms with E-state index in [9.17, 15) is 14.0 Å². The number of oxazole rings is 1. The molecule has 6 nitrogen and oxygen atoms in total. The monoisotopic (exact) mass is 353 g/mol. The lowest BCUT2D eigenvalue weighted by Crippen LogP contribution is -2.14. The summed E-state index contributed by atoms with van der Waals surface area (Å²) in [7, 11) is 0. The summed E-state index contributed by atoms with van der Waals surface area (Å²) in [5, 5.41) is 4.99. The topological polar surface area (TPSA) is 84.2 Å². The lowest BCUT2D eigenvalue weighted by Gasteiger charge is -2.08. The molecule has 0 saturated heterocycles. The first-order valence-corrected chi connectivity index (χ1v) is 7.85. The van der Waals surface area contributed by atoms with E-state index in [1.54, 1.807) is 6.92 Å². The molecule has 3 rings (SSSR count). The van der Waals surface area contributed by atoms with Crippen molar-refractivity contribution in [2.45, 2.75) is 13.8 Å². The van der Waals surface area contributed by atoms with Crippen molar-refractivity contribution in [1.29, 1.82) is 0 Å². The minimum absolute atomic E-state index is 0.0165. The van der Waals surface area contributed by atoms with Crippen molar-refractivity contribution in [2.75, 3.05) is 10.6 Å². The fourth-order valence-electron chi connectivity index (χ4n) is 2.39. The molecular weight excluding hydrogens is 337 g/mol. The molecule has 0 saturated carbocycles. The van der Waals surface area contributed by atoms with Crippen LogP contribution >= 0.6 is 0 Å². The van der Waals surface area contributed by atoms with Crippen molar-refractivity contribution in [2.24, 2.45) is 0 Å². The molecule has 2 aromatic carbocycles. The summed E-state index contributed by atoms with van der Waals surface area (Å²) in [6.45, 7) is 2.91. The van der Waals surface area contributed by atoms with Crippen LogP contribution in [0.4, 0.5) is 15.8 Å². The van der Waals surface area contributed by atoms with Crippen LogP contribution in [0.5, 0.6) is 0 Å². The van der Waals surface area contributed by atoms with Crippen molar-refractivity contribution in [3.63, 3.8) is 0 Å². The highest BCUT2D eigenvalue weighted by atomic mass is 19.1. The molecule has 0 aliphatic rings. The summed E-state index contributed by atoms with van der Waals surface area (Å²) in [5.74, 6) is -0.792. The molecule has 2 amide bonds. The van der Waals surface area contributed by atoms with Gasteiger partial charge in [-0.05, 0) is 37.3 Å². The number of nitrogens with one attached hydrogen (secondary N) is 2. The van der Waals surface area contributed by atoms with Gasteiger partial charge in [-0.15, -0.1) is 0 Å². The molecule has 7 heteroatoms. The minimum Gasteiger partial charge on any atom is -0.441 e. The maximum absolute atomic E-state index is 13.7. The standard InChI is InChI=1S/C19H16FN3O3/c1-11-17(23-19(26-11)13-6-4-3-5-7-13)18(25)22-14-8-9-15(20)16(10-14)21-12(2)24/h3-10H,1-2H3,(H,21,24)(H,22,25). The van der Waals surface area contributed by atoms with E-state index in [2.05, 4.69) is 15.6 Å². The second-order valence-electron chi connectivity index (χ2n) is 5.62. The van der Waals surface area contributed by atoms with E-state index in [1.807, 2.05) is 30.3 Å². The number of halogens is 1. The molecule has 3 aromatic rings. The number of anilines is 2. The van der Waals surface area contributed by atoms with Crippen molar-refractivity contribution in [1.82, 2.24) is 4.98 Å². The highest BCUT2D eigenvalue weighted by Crippen LogP contribution is 2.23. The Morgan fingerprint density at radius 2 is 1.81 bits per heavy atom. The maximum atomic E-state index is 13.7. The average molecular weight is 353 g/mol. The van der Waals surface area contributed by atoms with Gasteiger partial charge in [0.05, 0.1) is 5.69 Å². The van der Waals surface area contributed by atoms with Crippen LogP contribution in [0.25, 0.3) is 11.5 Å². The Balaban J connectivity index is 1.83. The molecule has 0 fully saturated rings. The Morgan fingerprint density at radius 1 is 1.08 bits per heavy atom. The van der Waals surface area contributed by atoms with Crippen LogP contribution < -0.4 is 10.6 Å². The van der Waals surface area contributed by atoms with E-state index >= 15 is 0 Å². The van der Waals surface area contributed by atoms with Gasteiger partial charge in [0.1, 0.15) is 11.6 Å². The molecular formula is C19H16FN3O3. The second-order valence-corrected chi connectivity index (χ2v) is 5.62. The molecule has 0 spiro atoms. The molecule has 0 radical (unpaired) electrons. The van der Waals surface area contributed by atoms with Crippen molar-refractivity contribution in [3.8, 4) is 11.5 Å². The summed E-state index contributed by atoms with van der Waals surface area (Å²) in [5.41, 5.74) is 1.19. The fraction of sp³-hybridized carbons (Fsp3) is 0.105. The average Bonchev–Trinajstić information content (AvgIpc) is 3.00. The predicted octanol–water partition coefficient (Wildman–Crippen LogP) is 4.00. The Morgan fingerprint density at radius 3 is 2.50 bits per heavy atom. The highest BCUT2D eigenvalue weighted by Gasteiger charge is 2.18. The van der Waals surface area contributed by atoms with Crippen molar-refractivity contribution >= 4 is 23.2 Å². The number of aromatic nitrogens is 1.